The van der Waals surface area contributed by atoms with Crippen molar-refractivity contribution < 1.29 is 19.1 Å². The fourth-order valence-corrected chi connectivity index (χ4v) is 2.69. The monoisotopic (exact) mass is 297 g/mol. The highest BCUT2D eigenvalue weighted by Gasteiger charge is 2.44. The van der Waals surface area contributed by atoms with Gasteiger partial charge < -0.3 is 19.9 Å². The fourth-order valence-electron chi connectivity index (χ4n) is 2.69. The predicted octanol–water partition coefficient (Wildman–Crippen LogP) is -0.927. The van der Waals surface area contributed by atoms with E-state index in [0.29, 0.717) is 13.1 Å². The van der Waals surface area contributed by atoms with Crippen molar-refractivity contribution in [3.63, 3.8) is 0 Å². The second kappa shape index (κ2) is 6.01. The smallest absolute Gasteiger partial charge is 0.328 e. The zero-order valence-corrected chi connectivity index (χ0v) is 13.0. The van der Waals surface area contributed by atoms with E-state index < -0.39 is 12.0 Å². The Morgan fingerprint density at radius 3 is 2.29 bits per heavy atom. The van der Waals surface area contributed by atoms with E-state index in [4.69, 9.17) is 4.74 Å². The predicted molar refractivity (Wildman–Crippen MR) is 75.3 cm³/mol. The van der Waals surface area contributed by atoms with Gasteiger partial charge in [0.05, 0.1) is 19.1 Å². The Labute approximate surface area is 124 Å². The lowest BCUT2D eigenvalue weighted by molar-refractivity contribution is -0.159. The first-order chi connectivity index (χ1) is 9.86. The normalized spacial score (nSPS) is 22.5. The van der Waals surface area contributed by atoms with Crippen LogP contribution in [0.2, 0.25) is 0 Å². The van der Waals surface area contributed by atoms with Crippen molar-refractivity contribution in [1.82, 2.24) is 15.1 Å². The van der Waals surface area contributed by atoms with Gasteiger partial charge in [-0.05, 0) is 5.92 Å². The molecule has 0 aliphatic carbocycles. The maximum atomic E-state index is 12.4. The number of carbonyl (C=O) groups is 3. The average Bonchev–Trinajstić information content (AvgIpc) is 3.20. The lowest BCUT2D eigenvalue weighted by atomic mass is 9.95. The number of esters is 1. The Bertz CT molecular complexity index is 442. The molecular formula is C14H23N3O4. The van der Waals surface area contributed by atoms with E-state index in [1.807, 2.05) is 13.8 Å². The number of amides is 2. The molecule has 0 aromatic carbocycles. The van der Waals surface area contributed by atoms with Crippen LogP contribution in [-0.4, -0.2) is 73.5 Å². The van der Waals surface area contributed by atoms with Gasteiger partial charge in [-0.2, -0.15) is 0 Å². The summed E-state index contributed by atoms with van der Waals surface area (Å²) in [6.07, 6.45) is 0. The van der Waals surface area contributed by atoms with E-state index in [2.05, 4.69) is 5.32 Å². The maximum absolute atomic E-state index is 12.4. The van der Waals surface area contributed by atoms with Crippen molar-refractivity contribution in [2.45, 2.75) is 25.9 Å². The molecule has 2 aliphatic rings. The minimum Gasteiger partial charge on any atom is -0.467 e. The molecule has 21 heavy (non-hydrogen) atoms. The van der Waals surface area contributed by atoms with Gasteiger partial charge in [0.15, 0.2) is 0 Å². The van der Waals surface area contributed by atoms with Crippen molar-refractivity contribution in [2.24, 2.45) is 11.8 Å². The zero-order chi connectivity index (χ0) is 15.7. The molecule has 0 radical (unpaired) electrons. The molecule has 2 aliphatic heterocycles. The number of ether oxygens (including phenoxy) is 1. The molecule has 118 valence electrons. The van der Waals surface area contributed by atoms with Gasteiger partial charge in [-0.1, -0.05) is 13.8 Å². The number of likely N-dealkylation sites (tertiary alicyclic amines) is 1. The van der Waals surface area contributed by atoms with E-state index in [9.17, 15) is 14.4 Å². The largest absolute Gasteiger partial charge is 0.467 e. The van der Waals surface area contributed by atoms with E-state index >= 15 is 0 Å². The standard InChI is InChI=1S/C14H23N3O4/c1-8(2)11(14(20)21-4)16(3)12(18)9-6-17(7-9)13(19)10-5-15-10/h8-11,15H,5-7H2,1-4H3/t10-,11+/m1/s1. The third-order valence-corrected chi connectivity index (χ3v) is 4.09. The number of nitrogens with one attached hydrogen (secondary N) is 1. The van der Waals surface area contributed by atoms with Crippen LogP contribution in [0.15, 0.2) is 0 Å². The molecule has 0 spiro atoms. The number of nitrogens with zero attached hydrogens (tertiary/aromatic N) is 2. The Balaban J connectivity index is 1.90. The summed E-state index contributed by atoms with van der Waals surface area (Å²) in [4.78, 5) is 39.1. The quantitative estimate of drug-likeness (QED) is 0.523. The number of hydrogen-bond donors (Lipinski definition) is 1. The first-order valence-electron chi connectivity index (χ1n) is 7.23. The molecule has 0 unspecified atom stereocenters. The summed E-state index contributed by atoms with van der Waals surface area (Å²) in [5.74, 6) is -0.694. The van der Waals surface area contributed by atoms with Crippen molar-refractivity contribution in [3.05, 3.63) is 0 Å². The molecule has 2 fully saturated rings. The SMILES string of the molecule is COC(=O)[C@H](C(C)C)N(C)C(=O)C1CN(C(=O)[C@H]2CN2)C1. The van der Waals surface area contributed by atoms with Gasteiger partial charge in [0.1, 0.15) is 6.04 Å². The fraction of sp³-hybridized carbons (Fsp3) is 0.786. The molecule has 2 amide bonds. The van der Waals surface area contributed by atoms with Crippen LogP contribution in [-0.2, 0) is 19.1 Å². The maximum Gasteiger partial charge on any atom is 0.328 e. The topological polar surface area (TPSA) is 88.9 Å². The molecule has 1 N–H and O–H groups in total. The molecule has 2 saturated heterocycles. The van der Waals surface area contributed by atoms with Crippen LogP contribution >= 0.6 is 0 Å². The number of carbonyl (C=O) groups excluding carboxylic acids is 3. The molecule has 2 atom stereocenters. The summed E-state index contributed by atoms with van der Waals surface area (Å²) < 4.78 is 4.77. The van der Waals surface area contributed by atoms with Gasteiger partial charge in [-0.25, -0.2) is 4.79 Å². The van der Waals surface area contributed by atoms with E-state index in [1.165, 1.54) is 12.0 Å². The Hall–Kier alpha value is -1.63. The summed E-state index contributed by atoms with van der Waals surface area (Å²) >= 11 is 0. The lowest BCUT2D eigenvalue weighted by Gasteiger charge is -2.41. The van der Waals surface area contributed by atoms with Gasteiger partial charge in [-0.15, -0.1) is 0 Å². The van der Waals surface area contributed by atoms with Crippen LogP contribution in [0.5, 0.6) is 0 Å². The van der Waals surface area contributed by atoms with Crippen LogP contribution in [0.4, 0.5) is 0 Å². The second-order valence-electron chi connectivity index (χ2n) is 6.06. The zero-order valence-electron chi connectivity index (χ0n) is 13.0. The molecule has 7 nitrogen and oxygen atoms in total. The molecule has 7 heteroatoms. The molecule has 0 aromatic rings. The Morgan fingerprint density at radius 1 is 1.29 bits per heavy atom. The Kier molecular flexibility index (Phi) is 4.51. The van der Waals surface area contributed by atoms with Crippen molar-refractivity contribution in [1.29, 1.82) is 0 Å². The van der Waals surface area contributed by atoms with Gasteiger partial charge in [-0.3, -0.25) is 9.59 Å². The first kappa shape index (κ1) is 15.8. The van der Waals surface area contributed by atoms with Gasteiger partial charge >= 0.3 is 5.97 Å². The summed E-state index contributed by atoms with van der Waals surface area (Å²) in [5, 5.41) is 2.96. The number of likely N-dealkylation sites (N-methyl/N-ethyl adjacent to an activating group) is 1. The van der Waals surface area contributed by atoms with Crippen LogP contribution < -0.4 is 5.32 Å². The number of methoxy groups -OCH3 is 1. The van der Waals surface area contributed by atoms with E-state index in [1.54, 1.807) is 11.9 Å². The number of hydrogen-bond acceptors (Lipinski definition) is 5. The number of rotatable bonds is 5. The minimum absolute atomic E-state index is 0.0279. The highest BCUT2D eigenvalue weighted by molar-refractivity contribution is 5.90. The minimum atomic E-state index is -0.586. The van der Waals surface area contributed by atoms with Crippen molar-refractivity contribution in [3.8, 4) is 0 Å². The molecular weight excluding hydrogens is 274 g/mol. The molecule has 0 aromatic heterocycles. The van der Waals surface area contributed by atoms with Crippen molar-refractivity contribution >= 4 is 17.8 Å². The highest BCUT2D eigenvalue weighted by Crippen LogP contribution is 2.22. The summed E-state index contributed by atoms with van der Waals surface area (Å²) in [6.45, 7) is 5.35. The van der Waals surface area contributed by atoms with Crippen LogP contribution in [0.1, 0.15) is 13.8 Å². The molecule has 2 heterocycles. The van der Waals surface area contributed by atoms with Crippen LogP contribution in [0, 0.1) is 11.8 Å². The molecule has 0 saturated carbocycles. The first-order valence-corrected chi connectivity index (χ1v) is 7.23. The summed E-state index contributed by atoms with van der Waals surface area (Å²) in [5.41, 5.74) is 0. The third kappa shape index (κ3) is 3.18. The Morgan fingerprint density at radius 2 is 1.86 bits per heavy atom. The molecule has 0 bridgehead atoms. The highest BCUT2D eigenvalue weighted by atomic mass is 16.5. The van der Waals surface area contributed by atoms with E-state index in [0.717, 1.165) is 6.54 Å². The van der Waals surface area contributed by atoms with Gasteiger partial charge in [0.2, 0.25) is 11.8 Å². The second-order valence-corrected chi connectivity index (χ2v) is 6.06. The van der Waals surface area contributed by atoms with E-state index in [-0.39, 0.29) is 29.7 Å². The van der Waals surface area contributed by atoms with Gasteiger partial charge in [0.25, 0.3) is 0 Å². The summed E-state index contributed by atoms with van der Waals surface area (Å²) in [6, 6.07) is -0.644. The summed E-state index contributed by atoms with van der Waals surface area (Å²) in [7, 11) is 2.94. The van der Waals surface area contributed by atoms with Crippen molar-refractivity contribution in [2.75, 3.05) is 33.8 Å². The van der Waals surface area contributed by atoms with Crippen LogP contribution in [0.25, 0.3) is 0 Å². The average molecular weight is 297 g/mol. The van der Waals surface area contributed by atoms with Crippen LogP contribution in [0.3, 0.4) is 0 Å². The lowest BCUT2D eigenvalue weighted by Crippen LogP contribution is -2.59. The van der Waals surface area contributed by atoms with Gasteiger partial charge in [0, 0.05) is 26.7 Å². The third-order valence-electron chi connectivity index (χ3n) is 4.09. The molecule has 2 rings (SSSR count).